The van der Waals surface area contributed by atoms with Gasteiger partial charge in [0.15, 0.2) is 0 Å². The van der Waals surface area contributed by atoms with Gasteiger partial charge in [-0.05, 0) is 24.3 Å². The molecule has 0 aliphatic carbocycles. The first kappa shape index (κ1) is 9.90. The second kappa shape index (κ2) is 3.94. The van der Waals surface area contributed by atoms with Crippen LogP contribution >= 0.6 is 0 Å². The van der Waals surface area contributed by atoms with Crippen molar-refractivity contribution in [1.29, 1.82) is 0 Å². The molecule has 0 spiro atoms. The number of hydrogen-bond acceptors (Lipinski definition) is 2. The first-order valence-corrected chi connectivity index (χ1v) is 5.49. The topological polar surface area (TPSA) is 27.1 Å². The van der Waals surface area contributed by atoms with Crippen LogP contribution in [0.3, 0.4) is 0 Å². The van der Waals surface area contributed by atoms with Crippen molar-refractivity contribution < 1.29 is 4.74 Å². The molecule has 0 saturated heterocycles. The van der Waals surface area contributed by atoms with Crippen LogP contribution < -0.4 is 4.74 Å². The summed E-state index contributed by atoms with van der Waals surface area (Å²) in [5, 5.41) is 0. The Morgan fingerprint density at radius 2 is 1.65 bits per heavy atom. The van der Waals surface area contributed by atoms with Gasteiger partial charge in [-0.15, -0.1) is 0 Å². The highest BCUT2D eigenvalue weighted by molar-refractivity contribution is 5.76. The maximum atomic E-state index is 5.75. The van der Waals surface area contributed by atoms with Crippen molar-refractivity contribution in [2.45, 2.75) is 0 Å². The molecule has 3 rings (SSSR count). The first-order valence-electron chi connectivity index (χ1n) is 5.49. The Morgan fingerprint density at radius 3 is 2.41 bits per heavy atom. The summed E-state index contributed by atoms with van der Waals surface area (Å²) in [7, 11) is 1.95. The Labute approximate surface area is 99.3 Å². The predicted molar refractivity (Wildman–Crippen MR) is 67.2 cm³/mol. The zero-order valence-corrected chi connectivity index (χ0v) is 9.50. The van der Waals surface area contributed by atoms with Crippen molar-refractivity contribution in [2.24, 2.45) is 7.05 Å². The summed E-state index contributed by atoms with van der Waals surface area (Å²) in [6.45, 7) is 0. The zero-order valence-electron chi connectivity index (χ0n) is 9.50. The second-order valence-electron chi connectivity index (χ2n) is 3.86. The molecule has 0 bridgehead atoms. The van der Waals surface area contributed by atoms with Crippen LogP contribution in [0.4, 0.5) is 0 Å². The zero-order chi connectivity index (χ0) is 11.7. The molecular weight excluding hydrogens is 212 g/mol. The lowest BCUT2D eigenvalue weighted by atomic mass is 10.3. The SMILES string of the molecule is Cn1c(Oc2ccccc2)nc2ccccc21. The molecular formula is C14H12N2O. The molecule has 0 saturated carbocycles. The molecule has 0 atom stereocenters. The van der Waals surface area contributed by atoms with Crippen LogP contribution in [-0.4, -0.2) is 9.55 Å². The van der Waals surface area contributed by atoms with E-state index in [0.29, 0.717) is 6.01 Å². The summed E-state index contributed by atoms with van der Waals surface area (Å²) in [6.07, 6.45) is 0. The highest BCUT2D eigenvalue weighted by atomic mass is 16.5. The smallest absolute Gasteiger partial charge is 0.302 e. The lowest BCUT2D eigenvalue weighted by molar-refractivity contribution is 0.428. The number of aromatic nitrogens is 2. The number of aryl methyl sites for hydroxylation is 1. The van der Waals surface area contributed by atoms with Crippen LogP contribution in [0.15, 0.2) is 54.6 Å². The van der Waals surface area contributed by atoms with Gasteiger partial charge in [-0.25, -0.2) is 0 Å². The van der Waals surface area contributed by atoms with Crippen molar-refractivity contribution in [3.63, 3.8) is 0 Å². The summed E-state index contributed by atoms with van der Waals surface area (Å²) >= 11 is 0. The average Bonchev–Trinajstić information content (AvgIpc) is 2.68. The van der Waals surface area contributed by atoms with Gasteiger partial charge in [0.25, 0.3) is 0 Å². The van der Waals surface area contributed by atoms with Crippen LogP contribution in [0.25, 0.3) is 11.0 Å². The number of imidazole rings is 1. The van der Waals surface area contributed by atoms with E-state index >= 15 is 0 Å². The summed E-state index contributed by atoms with van der Waals surface area (Å²) in [5.74, 6) is 0.797. The summed E-state index contributed by atoms with van der Waals surface area (Å²) in [6, 6.07) is 18.3. The van der Waals surface area contributed by atoms with E-state index < -0.39 is 0 Å². The van der Waals surface area contributed by atoms with Gasteiger partial charge < -0.3 is 4.74 Å². The van der Waals surface area contributed by atoms with Gasteiger partial charge in [0, 0.05) is 7.05 Å². The van der Waals surface area contributed by atoms with Crippen LogP contribution in [0.5, 0.6) is 11.8 Å². The van der Waals surface area contributed by atoms with Crippen LogP contribution in [0, 0.1) is 0 Å². The fourth-order valence-corrected chi connectivity index (χ4v) is 1.81. The van der Waals surface area contributed by atoms with Gasteiger partial charge in [0.2, 0.25) is 0 Å². The normalized spacial score (nSPS) is 10.6. The molecule has 3 heteroatoms. The number of fused-ring (bicyclic) bond motifs is 1. The minimum Gasteiger partial charge on any atom is -0.426 e. The van der Waals surface area contributed by atoms with Crippen molar-refractivity contribution in [2.75, 3.05) is 0 Å². The van der Waals surface area contributed by atoms with E-state index in [1.165, 1.54) is 0 Å². The number of benzene rings is 2. The summed E-state index contributed by atoms with van der Waals surface area (Å²) in [5.41, 5.74) is 2.01. The maximum Gasteiger partial charge on any atom is 0.302 e. The predicted octanol–water partition coefficient (Wildman–Crippen LogP) is 3.37. The van der Waals surface area contributed by atoms with E-state index in [-0.39, 0.29) is 0 Å². The molecule has 17 heavy (non-hydrogen) atoms. The highest BCUT2D eigenvalue weighted by Gasteiger charge is 2.08. The number of nitrogens with zero attached hydrogens (tertiary/aromatic N) is 2. The largest absolute Gasteiger partial charge is 0.426 e. The Balaban J connectivity index is 2.04. The highest BCUT2D eigenvalue weighted by Crippen LogP contribution is 2.24. The Bertz CT molecular complexity index is 644. The van der Waals surface area contributed by atoms with E-state index in [9.17, 15) is 0 Å². The number of ether oxygens (including phenoxy) is 1. The van der Waals surface area contributed by atoms with E-state index in [4.69, 9.17) is 4.74 Å². The molecule has 3 aromatic rings. The first-order chi connectivity index (χ1) is 8.34. The molecule has 0 fully saturated rings. The van der Waals surface area contributed by atoms with E-state index in [1.54, 1.807) is 0 Å². The lowest BCUT2D eigenvalue weighted by Gasteiger charge is -2.04. The molecule has 84 valence electrons. The van der Waals surface area contributed by atoms with Gasteiger partial charge >= 0.3 is 6.01 Å². The fraction of sp³-hybridized carbons (Fsp3) is 0.0714. The molecule has 0 amide bonds. The van der Waals surface area contributed by atoms with Gasteiger partial charge in [-0.3, -0.25) is 4.57 Å². The standard InChI is InChI=1S/C14H12N2O/c1-16-13-10-6-5-9-12(13)15-14(16)17-11-7-3-2-4-8-11/h2-10H,1H3. The van der Waals surface area contributed by atoms with Crippen molar-refractivity contribution in [3.8, 4) is 11.8 Å². The quantitative estimate of drug-likeness (QED) is 0.667. The monoisotopic (exact) mass is 224 g/mol. The van der Waals surface area contributed by atoms with Gasteiger partial charge in [0.1, 0.15) is 5.75 Å². The molecule has 0 radical (unpaired) electrons. The molecule has 1 aromatic heterocycles. The number of hydrogen-bond donors (Lipinski definition) is 0. The molecule has 0 unspecified atom stereocenters. The minimum atomic E-state index is 0.609. The Morgan fingerprint density at radius 1 is 0.941 bits per heavy atom. The maximum absolute atomic E-state index is 5.75. The third kappa shape index (κ3) is 1.76. The van der Waals surface area contributed by atoms with Gasteiger partial charge in [-0.2, -0.15) is 4.98 Å². The Kier molecular flexibility index (Phi) is 2.29. The molecule has 0 N–H and O–H groups in total. The van der Waals surface area contributed by atoms with Crippen molar-refractivity contribution >= 4 is 11.0 Å². The molecule has 0 aliphatic heterocycles. The van der Waals surface area contributed by atoms with E-state index in [1.807, 2.05) is 66.2 Å². The molecule has 3 nitrogen and oxygen atoms in total. The molecule has 1 heterocycles. The average molecular weight is 224 g/mol. The third-order valence-corrected chi connectivity index (χ3v) is 2.70. The van der Waals surface area contributed by atoms with Crippen molar-refractivity contribution in [3.05, 3.63) is 54.6 Å². The van der Waals surface area contributed by atoms with Crippen LogP contribution in [0.1, 0.15) is 0 Å². The number of para-hydroxylation sites is 3. The van der Waals surface area contributed by atoms with Gasteiger partial charge in [-0.1, -0.05) is 30.3 Å². The van der Waals surface area contributed by atoms with Crippen LogP contribution in [0.2, 0.25) is 0 Å². The van der Waals surface area contributed by atoms with Crippen LogP contribution in [-0.2, 0) is 7.05 Å². The second-order valence-corrected chi connectivity index (χ2v) is 3.86. The van der Waals surface area contributed by atoms with E-state index in [0.717, 1.165) is 16.8 Å². The molecule has 2 aromatic carbocycles. The summed E-state index contributed by atoms with van der Waals surface area (Å²) < 4.78 is 7.69. The lowest BCUT2D eigenvalue weighted by Crippen LogP contribution is -1.93. The fourth-order valence-electron chi connectivity index (χ4n) is 1.81. The van der Waals surface area contributed by atoms with E-state index in [2.05, 4.69) is 4.98 Å². The minimum absolute atomic E-state index is 0.609. The Hall–Kier alpha value is -2.29. The third-order valence-electron chi connectivity index (χ3n) is 2.70. The summed E-state index contributed by atoms with van der Waals surface area (Å²) in [4.78, 5) is 4.45. The number of rotatable bonds is 2. The van der Waals surface area contributed by atoms with Crippen molar-refractivity contribution in [1.82, 2.24) is 9.55 Å². The molecule has 0 aliphatic rings. The van der Waals surface area contributed by atoms with Gasteiger partial charge in [0.05, 0.1) is 11.0 Å².